The van der Waals surface area contributed by atoms with Gasteiger partial charge in [-0.3, -0.25) is 4.99 Å². The molecule has 7 heteroatoms. The Kier molecular flexibility index (Phi) is 15.2. The van der Waals surface area contributed by atoms with Crippen LogP contribution in [0.5, 0.6) is 0 Å². The number of hydrogen-bond donors (Lipinski definition) is 2. The first kappa shape index (κ1) is 28.1. The summed E-state index contributed by atoms with van der Waals surface area (Å²) >= 11 is 0. The van der Waals surface area contributed by atoms with Crippen LogP contribution in [0.1, 0.15) is 57.6 Å². The van der Waals surface area contributed by atoms with E-state index in [-0.39, 0.29) is 24.0 Å². The number of nitrogens with one attached hydrogen (secondary N) is 2. The number of benzene rings is 1. The summed E-state index contributed by atoms with van der Waals surface area (Å²) < 4.78 is 11.5. The van der Waals surface area contributed by atoms with Gasteiger partial charge < -0.3 is 25.0 Å². The van der Waals surface area contributed by atoms with Crippen molar-refractivity contribution in [1.82, 2.24) is 15.5 Å². The Morgan fingerprint density at radius 2 is 1.94 bits per heavy atom. The van der Waals surface area contributed by atoms with Gasteiger partial charge in [0.05, 0.1) is 12.7 Å². The van der Waals surface area contributed by atoms with Gasteiger partial charge in [-0.05, 0) is 63.4 Å². The van der Waals surface area contributed by atoms with E-state index in [1.165, 1.54) is 17.5 Å². The van der Waals surface area contributed by atoms with E-state index in [0.29, 0.717) is 18.8 Å². The molecule has 0 aromatic heterocycles. The van der Waals surface area contributed by atoms with Crippen molar-refractivity contribution in [2.75, 3.05) is 39.9 Å². The highest BCUT2D eigenvalue weighted by Crippen LogP contribution is 2.14. The molecule has 31 heavy (non-hydrogen) atoms. The van der Waals surface area contributed by atoms with E-state index in [0.717, 1.165) is 64.6 Å². The molecule has 0 bridgehead atoms. The quantitative estimate of drug-likeness (QED) is 0.234. The lowest BCUT2D eigenvalue weighted by Gasteiger charge is -2.22. The number of aliphatic imine (C=N–C) groups is 1. The maximum atomic E-state index is 6.05. The number of nitrogens with zero attached hydrogens (tertiary/aromatic N) is 2. The van der Waals surface area contributed by atoms with E-state index in [2.05, 4.69) is 65.6 Å². The molecule has 0 spiro atoms. The number of hydrogen-bond acceptors (Lipinski definition) is 4. The van der Waals surface area contributed by atoms with Gasteiger partial charge in [-0.2, -0.15) is 0 Å². The molecule has 1 fully saturated rings. The predicted octanol–water partition coefficient (Wildman–Crippen LogP) is 4.18. The minimum Gasteiger partial charge on any atom is -0.381 e. The van der Waals surface area contributed by atoms with Crippen LogP contribution in [-0.4, -0.2) is 62.9 Å². The fourth-order valence-corrected chi connectivity index (χ4v) is 3.73. The number of guanidine groups is 1. The molecule has 1 unspecified atom stereocenters. The SMILES string of the molecule is CCN(CC)CCCC(C)NC(=NC)NCc1cccc(COC2CCOCC2)c1.I. The number of halogens is 1. The molecule has 1 aromatic rings. The highest BCUT2D eigenvalue weighted by atomic mass is 127. The van der Waals surface area contributed by atoms with E-state index in [1.807, 2.05) is 7.05 Å². The Labute approximate surface area is 206 Å². The first-order chi connectivity index (χ1) is 14.6. The maximum absolute atomic E-state index is 6.05. The van der Waals surface area contributed by atoms with E-state index in [9.17, 15) is 0 Å². The van der Waals surface area contributed by atoms with Crippen LogP contribution in [0.4, 0.5) is 0 Å². The molecule has 1 aliphatic heterocycles. The zero-order valence-electron chi connectivity index (χ0n) is 19.9. The average Bonchev–Trinajstić information content (AvgIpc) is 2.79. The molecule has 0 amide bonds. The second-order valence-electron chi connectivity index (χ2n) is 8.08. The first-order valence-corrected chi connectivity index (χ1v) is 11.6. The normalized spacial score (nSPS) is 16.1. The summed E-state index contributed by atoms with van der Waals surface area (Å²) in [7, 11) is 1.83. The van der Waals surface area contributed by atoms with E-state index in [1.54, 1.807) is 0 Å². The smallest absolute Gasteiger partial charge is 0.191 e. The average molecular weight is 547 g/mol. The molecule has 1 aliphatic rings. The summed E-state index contributed by atoms with van der Waals surface area (Å²) in [4.78, 5) is 6.86. The Bertz CT molecular complexity index is 619. The van der Waals surface area contributed by atoms with Gasteiger partial charge in [-0.25, -0.2) is 0 Å². The van der Waals surface area contributed by atoms with Crippen LogP contribution in [-0.2, 0) is 22.6 Å². The van der Waals surface area contributed by atoms with Crippen molar-refractivity contribution in [3.8, 4) is 0 Å². The third kappa shape index (κ3) is 11.5. The highest BCUT2D eigenvalue weighted by Gasteiger charge is 2.14. The number of rotatable bonds is 12. The summed E-state index contributed by atoms with van der Waals surface area (Å²) in [6.07, 6.45) is 4.65. The Morgan fingerprint density at radius 1 is 1.23 bits per heavy atom. The highest BCUT2D eigenvalue weighted by molar-refractivity contribution is 14.0. The van der Waals surface area contributed by atoms with Crippen LogP contribution in [0.2, 0.25) is 0 Å². The van der Waals surface area contributed by atoms with Crippen LogP contribution >= 0.6 is 24.0 Å². The summed E-state index contributed by atoms with van der Waals surface area (Å²) in [5, 5.41) is 6.96. The molecule has 1 heterocycles. The molecule has 1 saturated heterocycles. The van der Waals surface area contributed by atoms with Gasteiger partial charge in [0, 0.05) is 32.8 Å². The third-order valence-electron chi connectivity index (χ3n) is 5.72. The zero-order chi connectivity index (χ0) is 21.6. The first-order valence-electron chi connectivity index (χ1n) is 11.6. The molecule has 178 valence electrons. The van der Waals surface area contributed by atoms with Crippen molar-refractivity contribution in [3.05, 3.63) is 35.4 Å². The molecule has 2 N–H and O–H groups in total. The molecule has 0 saturated carbocycles. The Hall–Kier alpha value is -0.900. The topological polar surface area (TPSA) is 58.1 Å². The van der Waals surface area contributed by atoms with Crippen LogP contribution in [0, 0.1) is 0 Å². The molecule has 0 radical (unpaired) electrons. The van der Waals surface area contributed by atoms with E-state index >= 15 is 0 Å². The lowest BCUT2D eigenvalue weighted by molar-refractivity contribution is -0.0390. The Balaban J connectivity index is 0.00000480. The fraction of sp³-hybridized carbons (Fsp3) is 0.708. The Morgan fingerprint density at radius 3 is 2.61 bits per heavy atom. The van der Waals surface area contributed by atoms with Crippen LogP contribution < -0.4 is 10.6 Å². The lowest BCUT2D eigenvalue weighted by atomic mass is 10.1. The second kappa shape index (κ2) is 16.7. The summed E-state index contributed by atoms with van der Waals surface area (Å²) in [6, 6.07) is 8.99. The zero-order valence-corrected chi connectivity index (χ0v) is 22.2. The monoisotopic (exact) mass is 546 g/mol. The molecular formula is C24H43IN4O2. The van der Waals surface area contributed by atoms with Crippen molar-refractivity contribution in [2.45, 2.75) is 71.8 Å². The van der Waals surface area contributed by atoms with Crippen molar-refractivity contribution in [2.24, 2.45) is 4.99 Å². The largest absolute Gasteiger partial charge is 0.381 e. The van der Waals surface area contributed by atoms with Gasteiger partial charge in [-0.15, -0.1) is 24.0 Å². The van der Waals surface area contributed by atoms with Gasteiger partial charge in [0.25, 0.3) is 0 Å². The van der Waals surface area contributed by atoms with Crippen molar-refractivity contribution < 1.29 is 9.47 Å². The van der Waals surface area contributed by atoms with Gasteiger partial charge in [0.2, 0.25) is 0 Å². The lowest BCUT2D eigenvalue weighted by Crippen LogP contribution is -2.42. The molecule has 0 aliphatic carbocycles. The summed E-state index contributed by atoms with van der Waals surface area (Å²) in [6.45, 7) is 13.1. The van der Waals surface area contributed by atoms with Crippen molar-refractivity contribution in [1.29, 1.82) is 0 Å². The maximum Gasteiger partial charge on any atom is 0.191 e. The number of ether oxygens (including phenoxy) is 2. The molecule has 2 rings (SSSR count). The third-order valence-corrected chi connectivity index (χ3v) is 5.72. The predicted molar refractivity (Wildman–Crippen MR) is 140 cm³/mol. The van der Waals surface area contributed by atoms with Crippen LogP contribution in [0.15, 0.2) is 29.3 Å². The molecule has 1 aromatic carbocycles. The standard InChI is InChI=1S/C24H42N4O2.HI/c1-5-28(6-2)14-8-9-20(3)27-24(25-4)26-18-21-10-7-11-22(17-21)19-30-23-12-15-29-16-13-23;/h7,10-11,17,20,23H,5-6,8-9,12-16,18-19H2,1-4H3,(H2,25,26,27);1H. The van der Waals surface area contributed by atoms with E-state index in [4.69, 9.17) is 9.47 Å². The van der Waals surface area contributed by atoms with Crippen molar-refractivity contribution >= 4 is 29.9 Å². The van der Waals surface area contributed by atoms with Gasteiger partial charge >= 0.3 is 0 Å². The van der Waals surface area contributed by atoms with Gasteiger partial charge in [0.1, 0.15) is 0 Å². The molecule has 6 nitrogen and oxygen atoms in total. The van der Waals surface area contributed by atoms with Gasteiger partial charge in [0.15, 0.2) is 5.96 Å². The minimum atomic E-state index is 0. The molecular weight excluding hydrogens is 503 g/mol. The van der Waals surface area contributed by atoms with E-state index < -0.39 is 0 Å². The summed E-state index contributed by atoms with van der Waals surface area (Å²) in [5.41, 5.74) is 2.45. The fourth-order valence-electron chi connectivity index (χ4n) is 3.73. The summed E-state index contributed by atoms with van der Waals surface area (Å²) in [5.74, 6) is 0.856. The van der Waals surface area contributed by atoms with Crippen LogP contribution in [0.3, 0.4) is 0 Å². The van der Waals surface area contributed by atoms with Gasteiger partial charge in [-0.1, -0.05) is 38.1 Å². The minimum absolute atomic E-state index is 0. The van der Waals surface area contributed by atoms with Crippen LogP contribution in [0.25, 0.3) is 0 Å². The molecule has 1 atom stereocenters. The second-order valence-corrected chi connectivity index (χ2v) is 8.08. The van der Waals surface area contributed by atoms with Crippen molar-refractivity contribution in [3.63, 3.8) is 0 Å².